The molecule has 4 nitrogen and oxygen atoms in total. The van der Waals surface area contributed by atoms with Crippen LogP contribution in [0.2, 0.25) is 0 Å². The quantitative estimate of drug-likeness (QED) is 0.492. The maximum atomic E-state index is 10.9. The van der Waals surface area contributed by atoms with Crippen LogP contribution in [0.4, 0.5) is 0 Å². The topological polar surface area (TPSA) is 63.1 Å². The van der Waals surface area contributed by atoms with Crippen molar-refractivity contribution in [2.24, 2.45) is 0 Å². The summed E-state index contributed by atoms with van der Waals surface area (Å²) in [6, 6.07) is 6.65. The Balaban J connectivity index is 0.00000338. The fourth-order valence-corrected chi connectivity index (χ4v) is 2.86. The van der Waals surface area contributed by atoms with E-state index in [1.165, 1.54) is 51.4 Å². The highest BCUT2D eigenvalue weighted by Crippen LogP contribution is 2.16. The number of carbonyl (C=O) groups is 1. The molecule has 1 heterocycles. The van der Waals surface area contributed by atoms with Gasteiger partial charge < -0.3 is 5.11 Å². The summed E-state index contributed by atoms with van der Waals surface area (Å²) in [5.41, 5.74) is 2.27. The molecule has 142 valence electrons. The Hall–Kier alpha value is -1.94. The number of aromatic carboxylic acids is 1. The molecule has 2 aromatic rings. The normalized spacial score (nSPS) is 10.3. The van der Waals surface area contributed by atoms with Crippen LogP contribution in [0.25, 0.3) is 11.4 Å². The van der Waals surface area contributed by atoms with Gasteiger partial charge in [-0.2, -0.15) is 0 Å². The average Bonchev–Trinajstić information content (AvgIpc) is 2.64. The molecule has 0 aliphatic rings. The Kier molecular flexibility index (Phi) is 10.6. The zero-order chi connectivity index (χ0) is 17.9. The number of rotatable bonds is 11. The van der Waals surface area contributed by atoms with Gasteiger partial charge >= 0.3 is 5.97 Å². The first-order chi connectivity index (χ1) is 12.2. The SMILES string of the molecule is CCCCCCCCCCc1cnc(-c2ccc(C(=O)O)cc2)nc1.Cl. The Morgan fingerprint density at radius 3 is 1.96 bits per heavy atom. The van der Waals surface area contributed by atoms with Crippen LogP contribution in [0.3, 0.4) is 0 Å². The molecule has 0 aliphatic carbocycles. The summed E-state index contributed by atoms with van der Waals surface area (Å²) in [5, 5.41) is 8.93. The third-order valence-electron chi connectivity index (χ3n) is 4.41. The third kappa shape index (κ3) is 7.52. The predicted octanol–water partition coefficient (Wildman–Crippen LogP) is 5.95. The second-order valence-electron chi connectivity index (χ2n) is 6.52. The molecule has 1 aromatic heterocycles. The van der Waals surface area contributed by atoms with E-state index in [0.29, 0.717) is 5.82 Å². The van der Waals surface area contributed by atoms with Crippen molar-refractivity contribution in [1.82, 2.24) is 9.97 Å². The zero-order valence-electron chi connectivity index (χ0n) is 15.5. The summed E-state index contributed by atoms with van der Waals surface area (Å²) >= 11 is 0. The first kappa shape index (κ1) is 22.1. The average molecular weight is 377 g/mol. The van der Waals surface area contributed by atoms with Crippen molar-refractivity contribution in [2.75, 3.05) is 0 Å². The van der Waals surface area contributed by atoms with Crippen LogP contribution in [0.15, 0.2) is 36.7 Å². The van der Waals surface area contributed by atoms with Gasteiger partial charge in [-0.15, -0.1) is 12.4 Å². The van der Waals surface area contributed by atoms with E-state index in [4.69, 9.17) is 5.11 Å². The van der Waals surface area contributed by atoms with Gasteiger partial charge in [0.05, 0.1) is 5.56 Å². The lowest BCUT2D eigenvalue weighted by atomic mass is 10.1. The monoisotopic (exact) mass is 376 g/mol. The molecule has 0 saturated heterocycles. The minimum atomic E-state index is -0.923. The molecule has 1 N–H and O–H groups in total. The largest absolute Gasteiger partial charge is 0.478 e. The van der Waals surface area contributed by atoms with Crippen molar-refractivity contribution in [1.29, 1.82) is 0 Å². The highest BCUT2D eigenvalue weighted by Gasteiger charge is 2.05. The molecule has 0 radical (unpaired) electrons. The van der Waals surface area contributed by atoms with Crippen LogP contribution in [-0.2, 0) is 6.42 Å². The van der Waals surface area contributed by atoms with Gasteiger partial charge in [0.15, 0.2) is 5.82 Å². The highest BCUT2D eigenvalue weighted by molar-refractivity contribution is 5.88. The van der Waals surface area contributed by atoms with Gasteiger partial charge in [0.2, 0.25) is 0 Å². The molecule has 0 amide bonds. The predicted molar refractivity (Wildman–Crippen MR) is 108 cm³/mol. The number of nitrogens with zero attached hydrogens (tertiary/aromatic N) is 2. The maximum absolute atomic E-state index is 10.9. The van der Waals surface area contributed by atoms with Crippen molar-refractivity contribution >= 4 is 18.4 Å². The van der Waals surface area contributed by atoms with Gasteiger partial charge in [-0.1, -0.05) is 64.0 Å². The van der Waals surface area contributed by atoms with E-state index in [1.807, 2.05) is 12.4 Å². The molecule has 0 aliphatic heterocycles. The van der Waals surface area contributed by atoms with E-state index < -0.39 is 5.97 Å². The number of hydrogen-bond acceptors (Lipinski definition) is 3. The van der Waals surface area contributed by atoms with Crippen molar-refractivity contribution in [3.8, 4) is 11.4 Å². The second kappa shape index (κ2) is 12.4. The number of unbranched alkanes of at least 4 members (excludes halogenated alkanes) is 7. The summed E-state index contributed by atoms with van der Waals surface area (Å²) in [6.45, 7) is 2.25. The lowest BCUT2D eigenvalue weighted by Gasteiger charge is -2.04. The number of aryl methyl sites for hydroxylation is 1. The smallest absolute Gasteiger partial charge is 0.335 e. The van der Waals surface area contributed by atoms with Gasteiger partial charge in [0, 0.05) is 18.0 Å². The van der Waals surface area contributed by atoms with E-state index in [1.54, 1.807) is 24.3 Å². The molecule has 0 bridgehead atoms. The first-order valence-electron chi connectivity index (χ1n) is 9.35. The van der Waals surface area contributed by atoms with Gasteiger partial charge in [-0.25, -0.2) is 14.8 Å². The lowest BCUT2D eigenvalue weighted by molar-refractivity contribution is 0.0697. The van der Waals surface area contributed by atoms with E-state index in [9.17, 15) is 4.79 Å². The number of hydrogen-bond donors (Lipinski definition) is 1. The molecule has 2 rings (SSSR count). The van der Waals surface area contributed by atoms with Crippen LogP contribution < -0.4 is 0 Å². The van der Waals surface area contributed by atoms with E-state index in [-0.39, 0.29) is 18.0 Å². The lowest BCUT2D eigenvalue weighted by Crippen LogP contribution is -1.96. The molecule has 0 unspecified atom stereocenters. The zero-order valence-corrected chi connectivity index (χ0v) is 16.3. The van der Waals surface area contributed by atoms with E-state index >= 15 is 0 Å². The van der Waals surface area contributed by atoms with Gasteiger partial charge in [0.25, 0.3) is 0 Å². The van der Waals surface area contributed by atoms with Gasteiger partial charge in [-0.3, -0.25) is 0 Å². The maximum Gasteiger partial charge on any atom is 0.335 e. The first-order valence-corrected chi connectivity index (χ1v) is 9.35. The molecule has 26 heavy (non-hydrogen) atoms. The molecule has 0 atom stereocenters. The minimum Gasteiger partial charge on any atom is -0.478 e. The van der Waals surface area contributed by atoms with Crippen molar-refractivity contribution in [2.45, 2.75) is 64.7 Å². The number of benzene rings is 1. The summed E-state index contributed by atoms with van der Waals surface area (Å²) in [6.07, 6.45) is 15.3. The number of carboxylic acids is 1. The third-order valence-corrected chi connectivity index (χ3v) is 4.41. The summed E-state index contributed by atoms with van der Waals surface area (Å²) in [4.78, 5) is 19.7. The van der Waals surface area contributed by atoms with Crippen LogP contribution in [-0.4, -0.2) is 21.0 Å². The molecular weight excluding hydrogens is 348 g/mol. The van der Waals surface area contributed by atoms with Crippen LogP contribution in [0.5, 0.6) is 0 Å². The van der Waals surface area contributed by atoms with Crippen molar-refractivity contribution in [3.63, 3.8) is 0 Å². The van der Waals surface area contributed by atoms with E-state index in [2.05, 4.69) is 16.9 Å². The molecule has 1 aromatic carbocycles. The summed E-state index contributed by atoms with van der Waals surface area (Å²) < 4.78 is 0. The summed E-state index contributed by atoms with van der Waals surface area (Å²) in [7, 11) is 0. The molecule has 0 saturated carbocycles. The van der Waals surface area contributed by atoms with Gasteiger partial charge in [0.1, 0.15) is 0 Å². The summed E-state index contributed by atoms with van der Waals surface area (Å²) in [5.74, 6) is -0.287. The fourth-order valence-electron chi connectivity index (χ4n) is 2.86. The molecule has 0 fully saturated rings. The van der Waals surface area contributed by atoms with Crippen molar-refractivity contribution in [3.05, 3.63) is 47.8 Å². The molecule has 0 spiro atoms. The highest BCUT2D eigenvalue weighted by atomic mass is 35.5. The second-order valence-corrected chi connectivity index (χ2v) is 6.52. The van der Waals surface area contributed by atoms with Gasteiger partial charge in [-0.05, 0) is 30.5 Å². The van der Waals surface area contributed by atoms with Crippen molar-refractivity contribution < 1.29 is 9.90 Å². The Morgan fingerprint density at radius 2 is 1.42 bits per heavy atom. The molecule has 5 heteroatoms. The Labute approximate surface area is 162 Å². The Morgan fingerprint density at radius 1 is 0.885 bits per heavy atom. The van der Waals surface area contributed by atoms with E-state index in [0.717, 1.165) is 17.5 Å². The number of aromatic nitrogens is 2. The Bertz CT molecular complexity index is 642. The molecular formula is C21H29ClN2O2. The standard InChI is InChI=1S/C21H28N2O2.ClH/c1-2-3-4-5-6-7-8-9-10-17-15-22-20(23-16-17)18-11-13-19(14-12-18)21(24)25;/h11-16H,2-10H2,1H3,(H,24,25);1H. The minimum absolute atomic E-state index is 0. The number of carboxylic acid groups (broad SMARTS) is 1. The van der Waals surface area contributed by atoms with Crippen LogP contribution in [0.1, 0.15) is 74.2 Å². The fraction of sp³-hybridized carbons (Fsp3) is 0.476. The van der Waals surface area contributed by atoms with Crippen LogP contribution in [0, 0.1) is 0 Å². The van der Waals surface area contributed by atoms with Crippen LogP contribution >= 0.6 is 12.4 Å². The number of halogens is 1.